The van der Waals surface area contributed by atoms with E-state index in [9.17, 15) is 9.59 Å². The highest BCUT2D eigenvalue weighted by Crippen LogP contribution is 2.20. The molecule has 0 spiro atoms. The Morgan fingerprint density at radius 1 is 1.06 bits per heavy atom. The van der Waals surface area contributed by atoms with Crippen molar-refractivity contribution in [2.45, 2.75) is 18.9 Å². The van der Waals surface area contributed by atoms with Gasteiger partial charge in [-0.3, -0.25) is 14.6 Å². The lowest BCUT2D eigenvalue weighted by molar-refractivity contribution is -0.118. The first kappa shape index (κ1) is 20.3. The number of anilines is 1. The van der Waals surface area contributed by atoms with Gasteiger partial charge in [0, 0.05) is 41.2 Å². The van der Waals surface area contributed by atoms with Crippen LogP contribution in [0.5, 0.6) is 5.75 Å². The first-order valence-electron chi connectivity index (χ1n) is 9.84. The van der Waals surface area contributed by atoms with Crippen molar-refractivity contribution in [3.63, 3.8) is 0 Å². The number of aromatic nitrogens is 1. The van der Waals surface area contributed by atoms with Gasteiger partial charge in [-0.15, -0.1) is 0 Å². The molecule has 1 unspecified atom stereocenters. The van der Waals surface area contributed by atoms with Gasteiger partial charge in [0.25, 0.3) is 0 Å². The average molecular weight is 415 g/mol. The third kappa shape index (κ3) is 4.95. The van der Waals surface area contributed by atoms with Crippen LogP contribution in [0.2, 0.25) is 0 Å². The number of hydrogen-bond acceptors (Lipinski definition) is 6. The van der Waals surface area contributed by atoms with Crippen molar-refractivity contribution in [1.82, 2.24) is 4.98 Å². The van der Waals surface area contributed by atoms with E-state index in [-0.39, 0.29) is 24.2 Å². The number of pyridine rings is 1. The minimum atomic E-state index is -0.314. The summed E-state index contributed by atoms with van der Waals surface area (Å²) in [7, 11) is 1.58. The average Bonchev–Trinajstić information content (AvgIpc) is 3.28. The molecule has 7 heteroatoms. The molecule has 1 amide bonds. The molecule has 7 nitrogen and oxygen atoms in total. The molecule has 31 heavy (non-hydrogen) atoms. The molecule has 1 atom stereocenters. The number of rotatable bonds is 7. The summed E-state index contributed by atoms with van der Waals surface area (Å²) in [5.74, 6) is 0.417. The van der Waals surface area contributed by atoms with Crippen molar-refractivity contribution in [1.29, 1.82) is 0 Å². The molecular weight excluding hydrogens is 394 g/mol. The van der Waals surface area contributed by atoms with Crippen LogP contribution < -0.4 is 10.1 Å². The second-order valence-corrected chi connectivity index (χ2v) is 7.10. The lowest BCUT2D eigenvalue weighted by Crippen LogP contribution is -2.20. The highest BCUT2D eigenvalue weighted by molar-refractivity contribution is 6.09. The number of oxime groups is 1. The van der Waals surface area contributed by atoms with Crippen LogP contribution in [0, 0.1) is 0 Å². The fourth-order valence-corrected chi connectivity index (χ4v) is 3.27. The van der Waals surface area contributed by atoms with E-state index >= 15 is 0 Å². The molecule has 1 aliphatic heterocycles. The summed E-state index contributed by atoms with van der Waals surface area (Å²) >= 11 is 0. The van der Waals surface area contributed by atoms with Crippen LogP contribution in [0.4, 0.5) is 5.69 Å². The molecule has 2 heterocycles. The number of amides is 1. The van der Waals surface area contributed by atoms with Crippen LogP contribution in [-0.2, 0) is 9.63 Å². The molecular formula is C24H21N3O4. The van der Waals surface area contributed by atoms with Crippen molar-refractivity contribution in [2.75, 3.05) is 12.4 Å². The molecule has 0 radical (unpaired) electrons. The third-order valence-corrected chi connectivity index (χ3v) is 4.92. The van der Waals surface area contributed by atoms with Gasteiger partial charge in [0.15, 0.2) is 5.78 Å². The Balaban J connectivity index is 1.30. The van der Waals surface area contributed by atoms with Gasteiger partial charge >= 0.3 is 0 Å². The van der Waals surface area contributed by atoms with Crippen molar-refractivity contribution in [2.24, 2.45) is 5.16 Å². The molecule has 0 fully saturated rings. The smallest absolute Gasteiger partial charge is 0.228 e. The van der Waals surface area contributed by atoms with E-state index in [1.165, 1.54) is 0 Å². The van der Waals surface area contributed by atoms with E-state index in [0.717, 1.165) is 11.3 Å². The van der Waals surface area contributed by atoms with Gasteiger partial charge in [0.2, 0.25) is 5.91 Å². The van der Waals surface area contributed by atoms with Gasteiger partial charge in [0.1, 0.15) is 11.9 Å². The summed E-state index contributed by atoms with van der Waals surface area (Å²) in [6.45, 7) is 0. The standard InChI is InChI=1S/C24H21N3O4/c1-30-20-10-6-17(7-11-20)24(29)16-4-8-19(9-5-16)26-23(28)14-21-13-22(27-31-21)18-3-2-12-25-15-18/h2-12,15,21H,13-14H2,1H3,(H,26,28). The molecule has 1 aromatic heterocycles. The first-order chi connectivity index (χ1) is 15.1. The second kappa shape index (κ2) is 9.21. The molecule has 3 aromatic rings. The van der Waals surface area contributed by atoms with Crippen LogP contribution in [-0.4, -0.2) is 35.6 Å². The molecule has 0 saturated heterocycles. The predicted octanol–water partition coefficient (Wildman–Crippen LogP) is 3.84. The molecule has 1 N–H and O–H groups in total. The summed E-state index contributed by atoms with van der Waals surface area (Å²) in [6.07, 6.45) is 3.83. The number of hydrogen-bond donors (Lipinski definition) is 1. The Kier molecular flexibility index (Phi) is 6.03. The van der Waals surface area contributed by atoms with E-state index in [0.29, 0.717) is 29.0 Å². The van der Waals surface area contributed by atoms with Gasteiger partial charge in [0.05, 0.1) is 19.2 Å². The highest BCUT2D eigenvalue weighted by atomic mass is 16.6. The summed E-state index contributed by atoms with van der Waals surface area (Å²) in [5.41, 5.74) is 3.40. The van der Waals surface area contributed by atoms with E-state index < -0.39 is 0 Å². The zero-order valence-electron chi connectivity index (χ0n) is 16.9. The van der Waals surface area contributed by atoms with E-state index in [2.05, 4.69) is 15.5 Å². The Labute approximate surface area is 179 Å². The number of nitrogens with zero attached hydrogens (tertiary/aromatic N) is 2. The molecule has 0 saturated carbocycles. The van der Waals surface area contributed by atoms with Crippen molar-refractivity contribution >= 4 is 23.1 Å². The summed E-state index contributed by atoms with van der Waals surface area (Å²) in [4.78, 5) is 34.4. The van der Waals surface area contributed by atoms with Gasteiger partial charge < -0.3 is 14.9 Å². The maximum atomic E-state index is 12.6. The van der Waals surface area contributed by atoms with Crippen LogP contribution in [0.3, 0.4) is 0 Å². The Hall–Kier alpha value is -4.00. The Morgan fingerprint density at radius 2 is 1.77 bits per heavy atom. The predicted molar refractivity (Wildman–Crippen MR) is 116 cm³/mol. The molecule has 1 aliphatic rings. The lowest BCUT2D eigenvalue weighted by atomic mass is 10.0. The number of ether oxygens (including phenoxy) is 1. The monoisotopic (exact) mass is 415 g/mol. The van der Waals surface area contributed by atoms with Gasteiger partial charge in [-0.1, -0.05) is 5.16 Å². The van der Waals surface area contributed by atoms with E-state index in [1.54, 1.807) is 68.0 Å². The number of benzene rings is 2. The number of nitrogens with one attached hydrogen (secondary N) is 1. The minimum absolute atomic E-state index is 0.0973. The number of carbonyl (C=O) groups excluding carboxylic acids is 2. The van der Waals surface area contributed by atoms with Crippen molar-refractivity contribution in [3.05, 3.63) is 89.7 Å². The normalized spacial score (nSPS) is 15.0. The largest absolute Gasteiger partial charge is 0.497 e. The number of carbonyl (C=O) groups is 2. The topological polar surface area (TPSA) is 89.9 Å². The zero-order chi connectivity index (χ0) is 21.6. The SMILES string of the molecule is COc1ccc(C(=O)c2ccc(NC(=O)CC3CC(c4cccnc4)=NO3)cc2)cc1. The molecule has 156 valence electrons. The minimum Gasteiger partial charge on any atom is -0.497 e. The van der Waals surface area contributed by atoms with Gasteiger partial charge in [-0.2, -0.15) is 0 Å². The highest BCUT2D eigenvalue weighted by Gasteiger charge is 2.25. The molecule has 4 rings (SSSR count). The van der Waals surface area contributed by atoms with Gasteiger partial charge in [-0.25, -0.2) is 0 Å². The Morgan fingerprint density at radius 3 is 2.42 bits per heavy atom. The zero-order valence-corrected chi connectivity index (χ0v) is 16.9. The summed E-state index contributed by atoms with van der Waals surface area (Å²) < 4.78 is 5.11. The van der Waals surface area contributed by atoms with Crippen molar-refractivity contribution in [3.8, 4) is 5.75 Å². The van der Waals surface area contributed by atoms with Gasteiger partial charge in [-0.05, 0) is 60.7 Å². The van der Waals surface area contributed by atoms with Crippen LogP contribution in [0.15, 0.2) is 78.2 Å². The summed E-state index contributed by atoms with van der Waals surface area (Å²) in [6, 6.07) is 17.5. The van der Waals surface area contributed by atoms with E-state index in [1.807, 2.05) is 12.1 Å². The summed E-state index contributed by atoms with van der Waals surface area (Å²) in [5, 5.41) is 6.90. The quantitative estimate of drug-likeness (QED) is 0.592. The third-order valence-electron chi connectivity index (χ3n) is 4.92. The van der Waals surface area contributed by atoms with Crippen molar-refractivity contribution < 1.29 is 19.2 Å². The fourth-order valence-electron chi connectivity index (χ4n) is 3.27. The van der Waals surface area contributed by atoms with E-state index in [4.69, 9.17) is 9.57 Å². The van der Waals surface area contributed by atoms with Crippen LogP contribution in [0.25, 0.3) is 0 Å². The Bertz CT molecular complexity index is 1090. The first-order valence-corrected chi connectivity index (χ1v) is 9.84. The fraction of sp³-hybridized carbons (Fsp3) is 0.167. The molecule has 0 bridgehead atoms. The van der Waals surface area contributed by atoms with Crippen LogP contribution in [0.1, 0.15) is 34.3 Å². The maximum absolute atomic E-state index is 12.6. The molecule has 2 aromatic carbocycles. The van der Waals surface area contributed by atoms with Crippen LogP contribution >= 0.6 is 0 Å². The molecule has 0 aliphatic carbocycles. The lowest BCUT2D eigenvalue weighted by Gasteiger charge is -2.10. The number of methoxy groups -OCH3 is 1. The maximum Gasteiger partial charge on any atom is 0.228 e. The second-order valence-electron chi connectivity index (χ2n) is 7.10. The number of ketones is 1.